The highest BCUT2D eigenvalue weighted by Crippen LogP contribution is 2.44. The molecule has 0 saturated carbocycles. The molecular formula is C58H39BN2Si. The van der Waals surface area contributed by atoms with Crippen LogP contribution in [-0.4, -0.2) is 23.9 Å². The number of hydrogen-bond donors (Lipinski definition) is 0. The van der Waals surface area contributed by atoms with Crippen LogP contribution < -0.4 is 26.8 Å². The Morgan fingerprint density at radius 2 is 0.710 bits per heavy atom. The number of nitrogens with zero attached hydrogens (tertiary/aromatic N) is 2. The summed E-state index contributed by atoms with van der Waals surface area (Å²) >= 11 is 0. The van der Waals surface area contributed by atoms with E-state index in [0.717, 1.165) is 0 Å². The summed E-state index contributed by atoms with van der Waals surface area (Å²) in [5.41, 5.74) is 21.9. The largest absolute Gasteiger partial charge is 0.309 e. The predicted molar refractivity (Wildman–Crippen MR) is 267 cm³/mol. The molecule has 0 radical (unpaired) electrons. The molecular weight excluding hydrogens is 764 g/mol. The average Bonchev–Trinajstić information content (AvgIpc) is 4.01. The van der Waals surface area contributed by atoms with E-state index in [4.69, 9.17) is 0 Å². The first-order valence-electron chi connectivity index (χ1n) is 21.6. The molecule has 11 aromatic rings. The van der Waals surface area contributed by atoms with Crippen LogP contribution in [0.1, 0.15) is 11.1 Å². The molecule has 4 heteroatoms. The van der Waals surface area contributed by atoms with Crippen LogP contribution in [0.2, 0.25) is 0 Å². The lowest BCUT2D eigenvalue weighted by molar-refractivity contribution is 1.18. The van der Waals surface area contributed by atoms with Crippen molar-refractivity contribution in [2.45, 2.75) is 0 Å². The van der Waals surface area contributed by atoms with Gasteiger partial charge in [-0.3, -0.25) is 0 Å². The van der Waals surface area contributed by atoms with Crippen LogP contribution in [0.4, 0.5) is 0 Å². The highest BCUT2D eigenvalue weighted by molar-refractivity contribution is 7.20. The Morgan fingerprint density at radius 3 is 1.19 bits per heavy atom. The second-order valence-corrected chi connectivity index (χ2v) is 20.2. The van der Waals surface area contributed by atoms with Gasteiger partial charge in [-0.05, 0) is 70.8 Å². The summed E-state index contributed by atoms with van der Waals surface area (Å²) in [7, 11) is -2.72. The van der Waals surface area contributed by atoms with Crippen molar-refractivity contribution >= 4 is 96.3 Å². The predicted octanol–water partition coefficient (Wildman–Crippen LogP) is 10.5. The third-order valence-corrected chi connectivity index (χ3v) is 17.8. The Bertz CT molecular complexity index is 3410. The van der Waals surface area contributed by atoms with Gasteiger partial charge in [-0.1, -0.05) is 214 Å². The van der Waals surface area contributed by atoms with Gasteiger partial charge in [-0.2, -0.15) is 0 Å². The summed E-state index contributed by atoms with van der Waals surface area (Å²) in [5, 5.41) is 8.00. The lowest BCUT2D eigenvalue weighted by Crippen LogP contribution is -2.77. The Kier molecular flexibility index (Phi) is 7.75. The van der Waals surface area contributed by atoms with Crippen molar-refractivity contribution in [1.82, 2.24) is 9.13 Å². The summed E-state index contributed by atoms with van der Waals surface area (Å²) in [6, 6.07) is 83.5. The monoisotopic (exact) mass is 802 g/mol. The zero-order chi connectivity index (χ0) is 40.8. The van der Waals surface area contributed by atoms with E-state index >= 15 is 0 Å². The molecule has 4 heterocycles. The smallest absolute Gasteiger partial charge is 0.240 e. The fourth-order valence-electron chi connectivity index (χ4n) is 11.0. The van der Waals surface area contributed by atoms with Crippen molar-refractivity contribution in [3.63, 3.8) is 0 Å². The van der Waals surface area contributed by atoms with Gasteiger partial charge in [0.1, 0.15) is 0 Å². The van der Waals surface area contributed by atoms with Gasteiger partial charge in [0.25, 0.3) is 0 Å². The Labute approximate surface area is 362 Å². The average molecular weight is 803 g/mol. The minimum absolute atomic E-state index is 0.159. The molecule has 2 nitrogen and oxygen atoms in total. The molecule has 2 aliphatic heterocycles. The Hall–Kier alpha value is -7.66. The van der Waals surface area contributed by atoms with Crippen LogP contribution in [0.5, 0.6) is 0 Å². The third kappa shape index (κ3) is 5.11. The summed E-state index contributed by atoms with van der Waals surface area (Å²) in [5.74, 6) is 0. The number of aromatic nitrogens is 2. The van der Waals surface area contributed by atoms with E-state index in [9.17, 15) is 0 Å². The van der Waals surface area contributed by atoms with Gasteiger partial charge in [-0.15, -0.1) is 0 Å². The first kappa shape index (κ1) is 35.1. The van der Waals surface area contributed by atoms with Crippen molar-refractivity contribution in [3.8, 4) is 11.4 Å². The van der Waals surface area contributed by atoms with Crippen molar-refractivity contribution in [2.24, 2.45) is 0 Å². The second kappa shape index (κ2) is 13.7. The molecule has 2 aromatic heterocycles. The molecule has 0 aliphatic carbocycles. The summed E-state index contributed by atoms with van der Waals surface area (Å²) in [6.07, 6.45) is 0. The number of benzene rings is 9. The standard InChI is InChI=1S/C58H39BN2Si/c1-4-18-42(19-5-1)59-51-26-12-16-30-57(51)62(58-31-17-13-27-52(58)59)38-49(40-32-34-47-45-24-10-14-28-53(45)60(55(47)36-40)43-20-6-2-7-21-43)50(39-62)41-33-35-48-46-25-11-15-29-54(46)61(56(48)37-41)44-22-8-3-9-23-44/h1-39H. The first-order valence-corrected chi connectivity index (χ1v) is 23.8. The molecule has 0 saturated heterocycles. The van der Waals surface area contributed by atoms with Crippen molar-refractivity contribution < 1.29 is 0 Å². The van der Waals surface area contributed by atoms with Crippen LogP contribution >= 0.6 is 0 Å². The summed E-state index contributed by atoms with van der Waals surface area (Å²) < 4.78 is 4.89. The van der Waals surface area contributed by atoms with Gasteiger partial charge in [0.2, 0.25) is 6.71 Å². The molecule has 13 rings (SSSR count). The van der Waals surface area contributed by atoms with E-state index in [1.807, 2.05) is 0 Å². The van der Waals surface area contributed by atoms with Gasteiger partial charge in [0, 0.05) is 32.9 Å². The molecule has 0 atom stereocenters. The van der Waals surface area contributed by atoms with E-state index in [2.05, 4.69) is 245 Å². The molecule has 2 aliphatic rings. The van der Waals surface area contributed by atoms with Crippen LogP contribution in [0.3, 0.4) is 0 Å². The number of allylic oxidation sites excluding steroid dienone is 2. The minimum Gasteiger partial charge on any atom is -0.309 e. The van der Waals surface area contributed by atoms with Crippen LogP contribution in [-0.2, 0) is 0 Å². The lowest BCUT2D eigenvalue weighted by Gasteiger charge is -2.37. The lowest BCUT2D eigenvalue weighted by atomic mass is 9.36. The first-order chi connectivity index (χ1) is 30.7. The zero-order valence-electron chi connectivity index (χ0n) is 34.0. The fraction of sp³-hybridized carbons (Fsp3) is 0. The van der Waals surface area contributed by atoms with Crippen molar-refractivity contribution in [1.29, 1.82) is 0 Å². The fourth-order valence-corrected chi connectivity index (χ4v) is 15.7. The van der Waals surface area contributed by atoms with E-state index in [1.54, 1.807) is 0 Å². The number of rotatable bonds is 5. The Morgan fingerprint density at radius 1 is 0.323 bits per heavy atom. The maximum Gasteiger partial charge on any atom is 0.240 e. The zero-order valence-corrected chi connectivity index (χ0v) is 35.0. The molecule has 0 unspecified atom stereocenters. The van der Waals surface area contributed by atoms with Crippen molar-refractivity contribution in [3.05, 3.63) is 247 Å². The maximum atomic E-state index is 2.73. The summed E-state index contributed by atoms with van der Waals surface area (Å²) in [4.78, 5) is 0. The molecule has 1 spiro atoms. The molecule has 0 fully saturated rings. The number of hydrogen-bond acceptors (Lipinski definition) is 0. The van der Waals surface area contributed by atoms with Gasteiger partial charge in [-0.25, -0.2) is 0 Å². The molecule has 9 aromatic carbocycles. The molecule has 288 valence electrons. The third-order valence-electron chi connectivity index (χ3n) is 13.6. The second-order valence-electron chi connectivity index (χ2n) is 16.8. The molecule has 0 amide bonds. The van der Waals surface area contributed by atoms with E-state index in [0.29, 0.717) is 0 Å². The number of fused-ring (bicyclic) bond motifs is 10. The number of para-hydroxylation sites is 4. The topological polar surface area (TPSA) is 9.86 Å². The summed E-state index contributed by atoms with van der Waals surface area (Å²) in [6.45, 7) is 0.159. The maximum absolute atomic E-state index is 2.73. The molecule has 62 heavy (non-hydrogen) atoms. The van der Waals surface area contributed by atoms with Crippen LogP contribution in [0.15, 0.2) is 236 Å². The quantitative estimate of drug-likeness (QED) is 0.153. The molecule has 0 N–H and O–H groups in total. The van der Waals surface area contributed by atoms with E-state index < -0.39 is 8.07 Å². The SMILES string of the molecule is C1=C(c2ccc3c4ccccc4n(-c4ccccc4)c3c2)C(c2ccc3c4ccccc4n(-c4ccccc4)c3c2)=C[Si]12c1ccccc1B(c1ccccc1)c1ccccc12. The normalized spacial score (nSPS) is 14.1. The Balaban J connectivity index is 1.11. The molecule has 0 bridgehead atoms. The van der Waals surface area contributed by atoms with E-state index in [1.165, 1.54) is 104 Å². The van der Waals surface area contributed by atoms with Gasteiger partial charge < -0.3 is 9.13 Å². The van der Waals surface area contributed by atoms with E-state index in [-0.39, 0.29) is 6.71 Å². The van der Waals surface area contributed by atoms with Gasteiger partial charge in [0.05, 0.1) is 22.1 Å². The minimum atomic E-state index is -2.72. The van der Waals surface area contributed by atoms with Crippen LogP contribution in [0.25, 0.3) is 66.1 Å². The van der Waals surface area contributed by atoms with Crippen molar-refractivity contribution in [2.75, 3.05) is 0 Å². The van der Waals surface area contributed by atoms with Gasteiger partial charge in [0.15, 0.2) is 8.07 Å². The highest BCUT2D eigenvalue weighted by atomic mass is 28.3. The highest BCUT2D eigenvalue weighted by Gasteiger charge is 2.48. The van der Waals surface area contributed by atoms with Gasteiger partial charge >= 0.3 is 0 Å². The van der Waals surface area contributed by atoms with Crippen LogP contribution in [0, 0.1) is 0 Å².